The lowest BCUT2D eigenvalue weighted by molar-refractivity contribution is -0.134. The van der Waals surface area contributed by atoms with E-state index in [0.717, 1.165) is 11.6 Å². The fourth-order valence-corrected chi connectivity index (χ4v) is 3.28. The summed E-state index contributed by atoms with van der Waals surface area (Å²) in [5.74, 6) is -1.19. The summed E-state index contributed by atoms with van der Waals surface area (Å²) < 4.78 is 27.2. The minimum atomic E-state index is -0.987. The van der Waals surface area contributed by atoms with E-state index in [-0.39, 0.29) is 28.8 Å². The van der Waals surface area contributed by atoms with E-state index in [1.54, 1.807) is 31.2 Å². The van der Waals surface area contributed by atoms with E-state index in [9.17, 15) is 4.79 Å². The average molecular weight is 543 g/mol. The Hall–Kier alpha value is -5.27. The Morgan fingerprint density at radius 2 is 1.95 bits per heavy atom. The first-order chi connectivity index (χ1) is 18.5. The highest BCUT2D eigenvalue weighted by Gasteiger charge is 2.26. The number of methoxy groups -OCH3 is 1. The molecule has 1 aromatic heterocycles. The van der Waals surface area contributed by atoms with Gasteiger partial charge >= 0.3 is 5.69 Å². The van der Waals surface area contributed by atoms with Gasteiger partial charge in [0.15, 0.2) is 17.4 Å². The highest BCUT2D eigenvalue weighted by atomic mass is 19.1. The number of aromatic nitrogens is 3. The number of H-pyrrole nitrogens is 1. The van der Waals surface area contributed by atoms with E-state index < -0.39 is 23.5 Å². The lowest BCUT2D eigenvalue weighted by Crippen LogP contribution is -2.21. The molecule has 0 saturated carbocycles. The molecule has 14 heteroatoms. The molecule has 13 nitrogen and oxygen atoms in total. The number of carboxylic acid groups (broad SMARTS) is 1. The lowest BCUT2D eigenvalue weighted by atomic mass is 10.0. The second-order valence-electron chi connectivity index (χ2n) is 7.75. The first-order valence-electron chi connectivity index (χ1n) is 11.5. The summed E-state index contributed by atoms with van der Waals surface area (Å²) in [5, 5.41) is 22.4. The number of nitrogens with two attached hydrogens (primary N) is 3. The Labute approximate surface area is 223 Å². The van der Waals surface area contributed by atoms with Crippen molar-refractivity contribution in [2.45, 2.75) is 19.9 Å². The summed E-state index contributed by atoms with van der Waals surface area (Å²) in [6, 6.07) is 8.55. The van der Waals surface area contributed by atoms with E-state index >= 15 is 4.39 Å². The number of rotatable bonds is 10. The van der Waals surface area contributed by atoms with Gasteiger partial charge in [-0.15, -0.1) is 5.10 Å². The van der Waals surface area contributed by atoms with Crippen molar-refractivity contribution >= 4 is 23.3 Å². The molecule has 39 heavy (non-hydrogen) atoms. The molecule has 0 saturated heterocycles. The van der Waals surface area contributed by atoms with Gasteiger partial charge in [-0.2, -0.15) is 4.68 Å². The molecule has 0 aliphatic rings. The van der Waals surface area contributed by atoms with Gasteiger partial charge < -0.3 is 37.1 Å². The number of allylic oxidation sites excluding steroid dienone is 2. The van der Waals surface area contributed by atoms with Gasteiger partial charge in [-0.25, -0.2) is 9.18 Å². The van der Waals surface area contributed by atoms with Crippen molar-refractivity contribution in [2.24, 2.45) is 17.2 Å². The van der Waals surface area contributed by atoms with Crippen molar-refractivity contribution < 1.29 is 23.8 Å². The van der Waals surface area contributed by atoms with Crippen LogP contribution in [0.15, 0.2) is 59.5 Å². The minimum Gasteiger partial charge on any atom is -0.494 e. The Balaban J connectivity index is 0.00000124. The number of anilines is 1. The number of carbonyl (C=O) groups is 1. The number of nitrogens with zero attached hydrogens (tertiary/aromatic N) is 2. The van der Waals surface area contributed by atoms with Gasteiger partial charge in [0.2, 0.25) is 0 Å². The second kappa shape index (κ2) is 13.9. The zero-order valence-corrected chi connectivity index (χ0v) is 21.6. The van der Waals surface area contributed by atoms with Gasteiger partial charge in [-0.3, -0.25) is 15.2 Å². The molecule has 208 valence electrons. The highest BCUT2D eigenvalue weighted by molar-refractivity contribution is 5.95. The largest absolute Gasteiger partial charge is 0.494 e. The normalized spacial score (nSPS) is 11.8. The van der Waals surface area contributed by atoms with Gasteiger partial charge in [0, 0.05) is 29.8 Å². The van der Waals surface area contributed by atoms with Gasteiger partial charge in [-0.05, 0) is 55.6 Å². The van der Waals surface area contributed by atoms with E-state index in [0.29, 0.717) is 23.6 Å². The first-order valence-corrected chi connectivity index (χ1v) is 11.5. The number of benzene rings is 2. The minimum absolute atomic E-state index is 0.00452. The third kappa shape index (κ3) is 8.11. The Bertz CT molecular complexity index is 1410. The molecule has 0 amide bonds. The SMILES string of the molecule is CC(=O)O.CCOc1cc(OC)c(F)c(C(Nc2ccc(C(=N)N)cc2)c2nn(/C(N)=C/C=C\N)c(=O)[nH]2)c1. The number of nitrogen functional groups attached to an aromatic ring is 1. The monoisotopic (exact) mass is 542 g/mol. The van der Waals surface area contributed by atoms with Crippen LogP contribution in [0.4, 0.5) is 10.1 Å². The molecule has 0 aliphatic carbocycles. The van der Waals surface area contributed by atoms with Gasteiger partial charge in [0.25, 0.3) is 5.97 Å². The number of ether oxygens (including phenoxy) is 2. The predicted octanol–water partition coefficient (Wildman–Crippen LogP) is 1.92. The first kappa shape index (κ1) is 30.0. The molecule has 10 N–H and O–H groups in total. The molecule has 3 rings (SSSR count). The van der Waals surface area contributed by atoms with E-state index in [2.05, 4.69) is 15.4 Å². The van der Waals surface area contributed by atoms with E-state index in [4.69, 9.17) is 42.0 Å². The number of nitrogens with one attached hydrogen (secondary N) is 3. The lowest BCUT2D eigenvalue weighted by Gasteiger charge is -2.21. The number of aliphatic carboxylic acids is 1. The van der Waals surface area contributed by atoms with Crippen LogP contribution in [-0.2, 0) is 4.79 Å². The van der Waals surface area contributed by atoms with Crippen molar-refractivity contribution in [1.82, 2.24) is 14.8 Å². The van der Waals surface area contributed by atoms with E-state index in [1.807, 2.05) is 0 Å². The fraction of sp³-hybridized carbons (Fsp3) is 0.200. The highest BCUT2D eigenvalue weighted by Crippen LogP contribution is 2.34. The van der Waals surface area contributed by atoms with Crippen molar-refractivity contribution in [3.05, 3.63) is 88.0 Å². The second-order valence-corrected chi connectivity index (χ2v) is 7.75. The Kier molecular flexibility index (Phi) is 10.7. The Morgan fingerprint density at radius 3 is 2.49 bits per heavy atom. The van der Waals surface area contributed by atoms with Crippen LogP contribution in [0.25, 0.3) is 5.82 Å². The topological polar surface area (TPSA) is 220 Å². The quantitative estimate of drug-likeness (QED) is 0.112. The molecular formula is C25H31FN8O5. The number of hydrogen-bond donors (Lipinski definition) is 7. The summed E-state index contributed by atoms with van der Waals surface area (Å²) in [4.78, 5) is 24.2. The molecular weight excluding hydrogens is 511 g/mol. The molecule has 3 aromatic rings. The van der Waals surface area contributed by atoms with Crippen LogP contribution in [0.3, 0.4) is 0 Å². The molecule has 0 fully saturated rings. The number of halogens is 1. The van der Waals surface area contributed by atoms with Crippen LogP contribution < -0.4 is 37.7 Å². The van der Waals surface area contributed by atoms with Gasteiger partial charge in [-0.1, -0.05) is 0 Å². The summed E-state index contributed by atoms with van der Waals surface area (Å²) in [5.41, 5.74) is 17.3. The van der Waals surface area contributed by atoms with Crippen LogP contribution in [-0.4, -0.2) is 45.4 Å². The molecule has 0 aliphatic heterocycles. The maximum atomic E-state index is 15.5. The standard InChI is InChI=1S/C23H27FN8O3.C2H4O2/c1-3-35-15-11-16(19(24)17(12-15)34-2)20(29-14-8-6-13(7-9-14)21(27)28)22-30-23(33)32(31-22)18(26)5-4-10-25;1-2(3)4/h4-12,20,29H,3,25-26H2,1-2H3,(H3,27,28)(H,30,31,33);1H3,(H,3,4)/b10-4-,18-5+;. The zero-order valence-electron chi connectivity index (χ0n) is 21.6. The molecule has 1 atom stereocenters. The van der Waals surface area contributed by atoms with Crippen molar-refractivity contribution in [3.8, 4) is 11.5 Å². The van der Waals surface area contributed by atoms with Crippen LogP contribution in [0, 0.1) is 11.2 Å². The predicted molar refractivity (Wildman–Crippen MR) is 145 cm³/mol. The summed E-state index contributed by atoms with van der Waals surface area (Å²) >= 11 is 0. The van der Waals surface area contributed by atoms with Crippen LogP contribution in [0.2, 0.25) is 0 Å². The average Bonchev–Trinajstić information content (AvgIpc) is 3.28. The summed E-state index contributed by atoms with van der Waals surface area (Å²) in [6.45, 7) is 3.23. The fourth-order valence-electron chi connectivity index (χ4n) is 3.28. The van der Waals surface area contributed by atoms with Crippen LogP contribution in [0.5, 0.6) is 11.5 Å². The number of aromatic amines is 1. The maximum Gasteiger partial charge on any atom is 0.349 e. The summed E-state index contributed by atoms with van der Waals surface area (Å²) in [6.07, 6.45) is 4.09. The molecule has 2 aromatic carbocycles. The third-order valence-electron chi connectivity index (χ3n) is 4.92. The smallest absolute Gasteiger partial charge is 0.349 e. The van der Waals surface area contributed by atoms with E-state index in [1.165, 1.54) is 37.6 Å². The third-order valence-corrected chi connectivity index (χ3v) is 4.92. The van der Waals surface area contributed by atoms with Crippen molar-refractivity contribution in [2.75, 3.05) is 19.0 Å². The van der Waals surface area contributed by atoms with Crippen LogP contribution in [0.1, 0.15) is 36.8 Å². The molecule has 0 radical (unpaired) electrons. The molecule has 0 bridgehead atoms. The van der Waals surface area contributed by atoms with Gasteiger partial charge in [0.1, 0.15) is 23.4 Å². The summed E-state index contributed by atoms with van der Waals surface area (Å²) in [7, 11) is 1.34. The number of hydrogen-bond acceptors (Lipinski definition) is 9. The maximum absolute atomic E-state index is 15.5. The number of carboxylic acids is 1. The zero-order chi connectivity index (χ0) is 29.1. The van der Waals surface area contributed by atoms with Crippen LogP contribution >= 0.6 is 0 Å². The van der Waals surface area contributed by atoms with Crippen molar-refractivity contribution in [1.29, 1.82) is 5.41 Å². The van der Waals surface area contributed by atoms with Crippen molar-refractivity contribution in [3.63, 3.8) is 0 Å². The van der Waals surface area contributed by atoms with Gasteiger partial charge in [0.05, 0.1) is 13.7 Å². The Morgan fingerprint density at radius 1 is 1.31 bits per heavy atom. The number of amidine groups is 1. The molecule has 1 heterocycles. The molecule has 1 unspecified atom stereocenters. The molecule has 0 spiro atoms.